The number of fused-ring (bicyclic) bond motifs is 1. The number of benzene rings is 1. The summed E-state index contributed by atoms with van der Waals surface area (Å²) >= 11 is 0. The summed E-state index contributed by atoms with van der Waals surface area (Å²) in [5.74, 6) is 0.0494. The monoisotopic (exact) mass is 594 g/mol. The molecule has 1 aromatic carbocycles. The zero-order valence-electron chi connectivity index (χ0n) is 24.4. The molecule has 13 heteroatoms. The van der Waals surface area contributed by atoms with Crippen molar-refractivity contribution in [1.29, 1.82) is 0 Å². The smallest absolute Gasteiger partial charge is 0.322 e. The first-order chi connectivity index (χ1) is 20.2. The van der Waals surface area contributed by atoms with Crippen LogP contribution in [0.3, 0.4) is 0 Å². The molecule has 1 aliphatic carbocycles. The summed E-state index contributed by atoms with van der Waals surface area (Å²) in [5.41, 5.74) is 2.20. The van der Waals surface area contributed by atoms with Gasteiger partial charge in [-0.15, -0.1) is 10.2 Å². The third-order valence-electron chi connectivity index (χ3n) is 8.43. The Bertz CT molecular complexity index is 1760. The van der Waals surface area contributed by atoms with Crippen molar-refractivity contribution in [3.8, 4) is 0 Å². The highest BCUT2D eigenvalue weighted by atomic mass is 19.4. The number of pyridine rings is 1. The maximum atomic E-state index is 13.5. The molecular weight excluding hydrogens is 561 g/mol. The van der Waals surface area contributed by atoms with Gasteiger partial charge in [0.1, 0.15) is 24.3 Å². The van der Waals surface area contributed by atoms with E-state index in [0.717, 1.165) is 35.5 Å². The van der Waals surface area contributed by atoms with Crippen LogP contribution in [0.1, 0.15) is 65.3 Å². The molecule has 1 amide bonds. The Morgan fingerprint density at radius 3 is 2.53 bits per heavy atom. The third kappa shape index (κ3) is 5.49. The second-order valence-electron chi connectivity index (χ2n) is 12.6. The molecule has 10 nitrogen and oxygen atoms in total. The average Bonchev–Trinajstić information content (AvgIpc) is 3.61. The summed E-state index contributed by atoms with van der Waals surface area (Å²) in [6, 6.07) is 8.72. The Balaban J connectivity index is 1.29. The van der Waals surface area contributed by atoms with Crippen LogP contribution in [0.2, 0.25) is 0 Å². The summed E-state index contributed by atoms with van der Waals surface area (Å²) in [6.07, 6.45) is 1.63. The Labute approximate surface area is 246 Å². The molecule has 0 radical (unpaired) electrons. The van der Waals surface area contributed by atoms with Gasteiger partial charge in [0.2, 0.25) is 0 Å². The minimum Gasteiger partial charge on any atom is -0.322 e. The van der Waals surface area contributed by atoms with E-state index >= 15 is 0 Å². The molecule has 2 aliphatic rings. The second kappa shape index (κ2) is 10.2. The number of aryl methyl sites for hydroxylation is 2. The minimum absolute atomic E-state index is 0.0857. The van der Waals surface area contributed by atoms with Gasteiger partial charge < -0.3 is 14.5 Å². The first-order valence-electron chi connectivity index (χ1n) is 14.0. The van der Waals surface area contributed by atoms with Crippen molar-refractivity contribution in [3.63, 3.8) is 0 Å². The molecule has 0 bridgehead atoms. The summed E-state index contributed by atoms with van der Waals surface area (Å²) < 4.78 is 44.5. The average molecular weight is 595 g/mol. The van der Waals surface area contributed by atoms with Gasteiger partial charge in [-0.25, -0.2) is 0 Å². The number of carbonyl (C=O) groups is 1. The number of carbonyl (C=O) groups excluding carboxylic acids is 1. The molecular formula is C30H33F3N8O2. The molecule has 226 valence electrons. The first-order valence-corrected chi connectivity index (χ1v) is 14.0. The number of hydrogen-bond acceptors (Lipinski definition) is 6. The van der Waals surface area contributed by atoms with Crippen LogP contribution in [0.4, 0.5) is 18.9 Å². The van der Waals surface area contributed by atoms with Gasteiger partial charge in [-0.1, -0.05) is 26.0 Å². The van der Waals surface area contributed by atoms with Crippen LogP contribution in [0, 0.1) is 5.41 Å². The number of nitrogens with one attached hydrogen (secondary N) is 1. The topological polar surface area (TPSA) is 103 Å². The highest BCUT2D eigenvalue weighted by Gasteiger charge is 2.54. The Kier molecular flexibility index (Phi) is 6.83. The van der Waals surface area contributed by atoms with Gasteiger partial charge in [0.15, 0.2) is 0 Å². The summed E-state index contributed by atoms with van der Waals surface area (Å²) in [5, 5.41) is 15.5. The van der Waals surface area contributed by atoms with Crippen LogP contribution in [0.25, 0.3) is 0 Å². The van der Waals surface area contributed by atoms with Crippen molar-refractivity contribution < 1.29 is 18.0 Å². The van der Waals surface area contributed by atoms with Gasteiger partial charge in [-0.3, -0.25) is 19.2 Å². The van der Waals surface area contributed by atoms with E-state index in [4.69, 9.17) is 0 Å². The Morgan fingerprint density at radius 2 is 1.88 bits per heavy atom. The normalized spacial score (nSPS) is 17.5. The molecule has 0 unspecified atom stereocenters. The summed E-state index contributed by atoms with van der Waals surface area (Å²) in [7, 11) is 3.73. The SMILES string of the molecule is Cn1cnnc1C1(c2cccc(NC(=O)c3cc(CN4Cc5cnn(C)c5C4)cn(CC(F)(F)F)c3=O)c2)CC(C)(C)C1. The quantitative estimate of drug-likeness (QED) is 0.345. The van der Waals surface area contributed by atoms with E-state index in [1.54, 1.807) is 23.3 Å². The largest absolute Gasteiger partial charge is 0.406 e. The molecule has 4 heterocycles. The molecule has 6 rings (SSSR count). The van der Waals surface area contributed by atoms with E-state index in [-0.39, 0.29) is 17.5 Å². The number of anilines is 1. The number of amides is 1. The van der Waals surface area contributed by atoms with Gasteiger partial charge in [-0.2, -0.15) is 18.3 Å². The summed E-state index contributed by atoms with van der Waals surface area (Å²) in [4.78, 5) is 28.7. The van der Waals surface area contributed by atoms with E-state index < -0.39 is 29.6 Å². The van der Waals surface area contributed by atoms with E-state index in [1.807, 2.05) is 41.8 Å². The molecule has 1 fully saturated rings. The molecule has 43 heavy (non-hydrogen) atoms. The number of hydrogen-bond donors (Lipinski definition) is 1. The number of halogens is 3. The van der Waals surface area contributed by atoms with Gasteiger partial charge in [-0.05, 0) is 47.6 Å². The maximum absolute atomic E-state index is 13.5. The van der Waals surface area contributed by atoms with Gasteiger partial charge in [0.05, 0.1) is 17.3 Å². The minimum atomic E-state index is -4.63. The number of rotatable bonds is 7. The molecule has 0 saturated heterocycles. The fourth-order valence-electron chi connectivity index (χ4n) is 6.86. The van der Waals surface area contributed by atoms with Gasteiger partial charge in [0.25, 0.3) is 11.5 Å². The van der Waals surface area contributed by atoms with Gasteiger partial charge >= 0.3 is 6.18 Å². The van der Waals surface area contributed by atoms with Crippen molar-refractivity contribution in [3.05, 3.63) is 93.2 Å². The lowest BCUT2D eigenvalue weighted by Gasteiger charge is -2.52. The molecule has 1 aliphatic heterocycles. The highest BCUT2D eigenvalue weighted by molar-refractivity contribution is 6.04. The second-order valence-corrected chi connectivity index (χ2v) is 12.6. The fourth-order valence-corrected chi connectivity index (χ4v) is 6.86. The fraction of sp³-hybridized carbons (Fsp3) is 0.433. The van der Waals surface area contributed by atoms with E-state index in [9.17, 15) is 22.8 Å². The molecule has 3 aromatic heterocycles. The highest BCUT2D eigenvalue weighted by Crippen LogP contribution is 2.58. The Hall–Kier alpha value is -4.26. The van der Waals surface area contributed by atoms with Gasteiger partial charge in [0, 0.05) is 51.2 Å². The van der Waals surface area contributed by atoms with Crippen molar-refractivity contribution in [2.75, 3.05) is 5.32 Å². The lowest BCUT2D eigenvalue weighted by atomic mass is 9.51. The van der Waals surface area contributed by atoms with E-state index in [1.165, 1.54) is 12.3 Å². The number of aromatic nitrogens is 6. The number of nitrogens with zero attached hydrogens (tertiary/aromatic N) is 7. The molecule has 0 spiro atoms. The van der Waals surface area contributed by atoms with Crippen molar-refractivity contribution >= 4 is 11.6 Å². The standard InChI is InChI=1S/C30H33F3N8O2/c1-28(2)15-29(16-28,27-37-34-18-38(27)3)21-6-5-7-22(9-21)36-25(42)23-8-19(12-41(26(23)43)17-30(31,32)33)11-40-13-20-10-35-39(4)24(20)14-40/h5-10,12,18H,11,13-17H2,1-4H3,(H,36,42). The van der Waals surface area contributed by atoms with E-state index in [0.29, 0.717) is 28.9 Å². The lowest BCUT2D eigenvalue weighted by Crippen LogP contribution is -2.49. The van der Waals surface area contributed by atoms with Crippen LogP contribution in [0.5, 0.6) is 0 Å². The predicted octanol–water partition coefficient (Wildman–Crippen LogP) is 4.15. The van der Waals surface area contributed by atoms with Crippen LogP contribution >= 0.6 is 0 Å². The van der Waals surface area contributed by atoms with Crippen LogP contribution in [0.15, 0.2) is 53.8 Å². The van der Waals surface area contributed by atoms with Crippen molar-refractivity contribution in [2.24, 2.45) is 19.5 Å². The first kappa shape index (κ1) is 28.8. The summed E-state index contributed by atoms with van der Waals surface area (Å²) in [6.45, 7) is 4.27. The van der Waals surface area contributed by atoms with Crippen LogP contribution in [-0.4, -0.2) is 46.1 Å². The molecule has 0 atom stereocenters. The molecule has 1 saturated carbocycles. The van der Waals surface area contributed by atoms with E-state index in [2.05, 4.69) is 34.5 Å². The zero-order valence-corrected chi connectivity index (χ0v) is 24.4. The third-order valence-corrected chi connectivity index (χ3v) is 8.43. The van der Waals surface area contributed by atoms with Crippen molar-refractivity contribution in [2.45, 2.75) is 64.5 Å². The van der Waals surface area contributed by atoms with Crippen LogP contribution in [-0.2, 0) is 45.7 Å². The Morgan fingerprint density at radius 1 is 1.12 bits per heavy atom. The lowest BCUT2D eigenvalue weighted by molar-refractivity contribution is -0.141. The number of alkyl halides is 3. The van der Waals surface area contributed by atoms with Crippen molar-refractivity contribution in [1.82, 2.24) is 34.0 Å². The van der Waals surface area contributed by atoms with Crippen LogP contribution < -0.4 is 10.9 Å². The maximum Gasteiger partial charge on any atom is 0.406 e. The predicted molar refractivity (Wildman–Crippen MR) is 152 cm³/mol. The molecule has 1 N–H and O–H groups in total. The molecule has 4 aromatic rings. The zero-order chi connectivity index (χ0) is 30.7.